The zero-order valence-corrected chi connectivity index (χ0v) is 10.5. The topological polar surface area (TPSA) is 29.9 Å². The number of aryl methyl sites for hydroxylation is 1. The summed E-state index contributed by atoms with van der Waals surface area (Å²) in [6, 6.07) is 6.58. The van der Waals surface area contributed by atoms with Crippen LogP contribution in [0.5, 0.6) is 0 Å². The predicted octanol–water partition coefficient (Wildman–Crippen LogP) is 2.56. The lowest BCUT2D eigenvalue weighted by Crippen LogP contribution is -2.11. The van der Waals surface area contributed by atoms with Gasteiger partial charge in [0.05, 0.1) is 11.0 Å². The van der Waals surface area contributed by atoms with Gasteiger partial charge in [0.2, 0.25) is 0 Å². The summed E-state index contributed by atoms with van der Waals surface area (Å²) in [6.07, 6.45) is 2.61. The van der Waals surface area contributed by atoms with E-state index >= 15 is 0 Å². The van der Waals surface area contributed by atoms with Crippen LogP contribution in [-0.2, 0) is 13.6 Å². The molecule has 0 atom stereocenters. The smallest absolute Gasteiger partial charge is 0.112 e. The fourth-order valence-corrected chi connectivity index (χ4v) is 2.34. The van der Waals surface area contributed by atoms with Gasteiger partial charge in [-0.05, 0) is 37.1 Å². The van der Waals surface area contributed by atoms with E-state index in [4.69, 9.17) is 4.98 Å². The molecule has 3 nitrogen and oxygen atoms in total. The lowest BCUT2D eigenvalue weighted by atomic mass is 10.2. The minimum atomic E-state index is 0.713. The van der Waals surface area contributed by atoms with Gasteiger partial charge in [0.25, 0.3) is 0 Å². The Morgan fingerprint density at radius 3 is 2.94 bits per heavy atom. The molecule has 3 rings (SSSR count). The van der Waals surface area contributed by atoms with Crippen molar-refractivity contribution in [3.63, 3.8) is 0 Å². The number of nitrogens with zero attached hydrogens (tertiary/aromatic N) is 2. The number of benzene rings is 1. The van der Waals surface area contributed by atoms with E-state index in [1.807, 2.05) is 0 Å². The normalized spacial score (nSPS) is 15.6. The fraction of sp³-hybridized carbons (Fsp3) is 0.500. The number of aromatic nitrogens is 2. The molecule has 17 heavy (non-hydrogen) atoms. The van der Waals surface area contributed by atoms with Crippen molar-refractivity contribution in [2.24, 2.45) is 7.05 Å². The van der Waals surface area contributed by atoms with E-state index in [0.717, 1.165) is 18.6 Å². The van der Waals surface area contributed by atoms with Crippen LogP contribution >= 0.6 is 0 Å². The van der Waals surface area contributed by atoms with Crippen LogP contribution in [0.25, 0.3) is 11.0 Å². The zero-order chi connectivity index (χ0) is 11.8. The molecule has 1 N–H and O–H groups in total. The minimum absolute atomic E-state index is 0.713. The van der Waals surface area contributed by atoms with Gasteiger partial charge in [-0.15, -0.1) is 0 Å². The predicted molar refractivity (Wildman–Crippen MR) is 70.1 cm³/mol. The highest BCUT2D eigenvalue weighted by molar-refractivity contribution is 5.77. The van der Waals surface area contributed by atoms with Crippen molar-refractivity contribution in [1.29, 1.82) is 0 Å². The molecule has 90 valence electrons. The molecule has 1 aliphatic carbocycles. The maximum Gasteiger partial charge on any atom is 0.112 e. The molecule has 1 aliphatic rings. The Balaban J connectivity index is 1.99. The first-order valence-electron chi connectivity index (χ1n) is 6.45. The molecular formula is C14H19N3. The lowest BCUT2D eigenvalue weighted by Gasteiger charge is -2.03. The quantitative estimate of drug-likeness (QED) is 0.873. The van der Waals surface area contributed by atoms with Gasteiger partial charge >= 0.3 is 0 Å². The van der Waals surface area contributed by atoms with Crippen LogP contribution in [0.2, 0.25) is 0 Å². The second kappa shape index (κ2) is 4.15. The Labute approximate surface area is 102 Å². The number of hydrogen-bond acceptors (Lipinski definition) is 2. The molecule has 1 heterocycles. The Bertz CT molecular complexity index is 538. The molecule has 1 aromatic heterocycles. The van der Waals surface area contributed by atoms with Gasteiger partial charge in [0, 0.05) is 19.5 Å². The first-order valence-corrected chi connectivity index (χ1v) is 6.45. The van der Waals surface area contributed by atoms with Crippen LogP contribution in [0.4, 0.5) is 0 Å². The highest BCUT2D eigenvalue weighted by Gasteiger charge is 2.28. The summed E-state index contributed by atoms with van der Waals surface area (Å²) < 4.78 is 2.27. The largest absolute Gasteiger partial charge is 0.331 e. The molecule has 0 radical (unpaired) electrons. The molecule has 0 amide bonds. The van der Waals surface area contributed by atoms with Gasteiger partial charge in [-0.1, -0.05) is 13.0 Å². The molecule has 1 aromatic carbocycles. The molecule has 0 unspecified atom stereocenters. The summed E-state index contributed by atoms with van der Waals surface area (Å²) in [7, 11) is 2.14. The number of imidazole rings is 1. The van der Waals surface area contributed by atoms with Gasteiger partial charge in [0.1, 0.15) is 5.82 Å². The number of hydrogen-bond donors (Lipinski definition) is 1. The highest BCUT2D eigenvalue weighted by Crippen LogP contribution is 2.40. The number of fused-ring (bicyclic) bond motifs is 1. The molecule has 1 fully saturated rings. The van der Waals surface area contributed by atoms with Crippen molar-refractivity contribution in [3.05, 3.63) is 29.6 Å². The summed E-state index contributed by atoms with van der Waals surface area (Å²) in [5, 5.41) is 3.36. The summed E-state index contributed by atoms with van der Waals surface area (Å²) in [5.74, 6) is 1.98. The molecule has 0 bridgehead atoms. The minimum Gasteiger partial charge on any atom is -0.331 e. The Morgan fingerprint density at radius 2 is 2.24 bits per heavy atom. The van der Waals surface area contributed by atoms with Gasteiger partial charge < -0.3 is 9.88 Å². The first kappa shape index (κ1) is 10.8. The van der Waals surface area contributed by atoms with E-state index in [2.05, 4.69) is 42.1 Å². The molecule has 3 heteroatoms. The standard InChI is InChI=1S/C14H19N3/c1-3-15-9-10-4-7-12-13(8-10)17(2)14(16-12)11-5-6-11/h4,7-8,11,15H,3,5-6,9H2,1-2H3. The average molecular weight is 229 g/mol. The molecule has 2 aromatic rings. The van der Waals surface area contributed by atoms with Crippen molar-refractivity contribution in [2.45, 2.75) is 32.2 Å². The SMILES string of the molecule is CCNCc1ccc2nc(C3CC3)n(C)c2c1. The molecule has 0 aliphatic heterocycles. The van der Waals surface area contributed by atoms with E-state index < -0.39 is 0 Å². The van der Waals surface area contributed by atoms with Crippen molar-refractivity contribution >= 4 is 11.0 Å². The maximum atomic E-state index is 4.74. The zero-order valence-electron chi connectivity index (χ0n) is 10.5. The van der Waals surface area contributed by atoms with E-state index in [-0.39, 0.29) is 0 Å². The third kappa shape index (κ3) is 1.95. The molecular weight excluding hydrogens is 210 g/mol. The summed E-state index contributed by atoms with van der Waals surface area (Å²) >= 11 is 0. The average Bonchev–Trinajstić information content (AvgIpc) is 3.13. The Hall–Kier alpha value is -1.35. The van der Waals surface area contributed by atoms with Gasteiger partial charge in [-0.2, -0.15) is 0 Å². The van der Waals surface area contributed by atoms with Crippen LogP contribution in [0.3, 0.4) is 0 Å². The Morgan fingerprint density at radius 1 is 1.41 bits per heavy atom. The van der Waals surface area contributed by atoms with E-state index in [0.29, 0.717) is 5.92 Å². The monoisotopic (exact) mass is 229 g/mol. The van der Waals surface area contributed by atoms with Crippen LogP contribution in [0.1, 0.15) is 37.1 Å². The third-order valence-electron chi connectivity index (χ3n) is 3.50. The lowest BCUT2D eigenvalue weighted by molar-refractivity contribution is 0.727. The van der Waals surface area contributed by atoms with Crippen molar-refractivity contribution < 1.29 is 0 Å². The van der Waals surface area contributed by atoms with Crippen LogP contribution < -0.4 is 5.32 Å². The van der Waals surface area contributed by atoms with Gasteiger partial charge in [-0.25, -0.2) is 4.98 Å². The van der Waals surface area contributed by atoms with E-state index in [1.165, 1.54) is 29.7 Å². The maximum absolute atomic E-state index is 4.74. The van der Waals surface area contributed by atoms with Crippen LogP contribution in [-0.4, -0.2) is 16.1 Å². The van der Waals surface area contributed by atoms with Gasteiger partial charge in [0.15, 0.2) is 0 Å². The summed E-state index contributed by atoms with van der Waals surface area (Å²) in [6.45, 7) is 4.08. The van der Waals surface area contributed by atoms with E-state index in [1.54, 1.807) is 0 Å². The third-order valence-corrected chi connectivity index (χ3v) is 3.50. The number of rotatable bonds is 4. The van der Waals surface area contributed by atoms with Crippen LogP contribution in [0, 0.1) is 0 Å². The molecule has 1 saturated carbocycles. The van der Waals surface area contributed by atoms with Crippen molar-refractivity contribution in [2.75, 3.05) is 6.54 Å². The molecule has 0 saturated heterocycles. The van der Waals surface area contributed by atoms with Gasteiger partial charge in [-0.3, -0.25) is 0 Å². The summed E-state index contributed by atoms with van der Waals surface area (Å²) in [4.78, 5) is 4.74. The first-order chi connectivity index (χ1) is 8.29. The molecule has 0 spiro atoms. The van der Waals surface area contributed by atoms with E-state index in [9.17, 15) is 0 Å². The van der Waals surface area contributed by atoms with Crippen molar-refractivity contribution in [1.82, 2.24) is 14.9 Å². The number of nitrogens with one attached hydrogen (secondary N) is 1. The Kier molecular flexibility index (Phi) is 2.63. The second-order valence-electron chi connectivity index (χ2n) is 4.91. The highest BCUT2D eigenvalue weighted by atomic mass is 15.1. The fourth-order valence-electron chi connectivity index (χ4n) is 2.34. The second-order valence-corrected chi connectivity index (χ2v) is 4.91. The van der Waals surface area contributed by atoms with Crippen LogP contribution in [0.15, 0.2) is 18.2 Å². The van der Waals surface area contributed by atoms with Crippen molar-refractivity contribution in [3.8, 4) is 0 Å². The summed E-state index contributed by atoms with van der Waals surface area (Å²) in [5.41, 5.74) is 3.74.